The summed E-state index contributed by atoms with van der Waals surface area (Å²) in [5.41, 5.74) is 1.69. The van der Waals surface area contributed by atoms with Crippen molar-refractivity contribution < 1.29 is 24.0 Å². The Morgan fingerprint density at radius 2 is 2.00 bits per heavy atom. The molecule has 2 aromatic carbocycles. The van der Waals surface area contributed by atoms with Crippen LogP contribution in [0.2, 0.25) is 0 Å². The Balaban J connectivity index is 1.77. The number of amides is 1. The maximum Gasteiger partial charge on any atom is 0.273 e. The van der Waals surface area contributed by atoms with Gasteiger partial charge >= 0.3 is 0 Å². The highest BCUT2D eigenvalue weighted by Gasteiger charge is 2.27. The van der Waals surface area contributed by atoms with Crippen molar-refractivity contribution in [2.45, 2.75) is 12.8 Å². The molecule has 0 radical (unpaired) electrons. The van der Waals surface area contributed by atoms with Gasteiger partial charge in [-0.15, -0.1) is 0 Å². The Morgan fingerprint density at radius 1 is 1.23 bits per heavy atom. The van der Waals surface area contributed by atoms with E-state index in [1.165, 1.54) is 25.3 Å². The summed E-state index contributed by atoms with van der Waals surface area (Å²) in [6, 6.07) is 8.85. The molecule has 0 aromatic heterocycles. The number of nitrogens with zero attached hydrogens (tertiary/aromatic N) is 1. The minimum absolute atomic E-state index is 0.109. The molecule has 1 heterocycles. The highest BCUT2D eigenvalue weighted by atomic mass is 16.6. The molecule has 1 aliphatic rings. The van der Waals surface area contributed by atoms with Crippen molar-refractivity contribution in [2.24, 2.45) is 0 Å². The van der Waals surface area contributed by atoms with Crippen LogP contribution in [-0.4, -0.2) is 30.3 Å². The van der Waals surface area contributed by atoms with Gasteiger partial charge in [0.15, 0.2) is 23.9 Å². The fourth-order valence-electron chi connectivity index (χ4n) is 2.71. The summed E-state index contributed by atoms with van der Waals surface area (Å²) < 4.78 is 10.5. The minimum Gasteiger partial charge on any atom is -0.493 e. The maximum absolute atomic E-state index is 12.4. The molecule has 8 heteroatoms. The van der Waals surface area contributed by atoms with E-state index in [2.05, 4.69) is 5.32 Å². The Labute approximate surface area is 148 Å². The van der Waals surface area contributed by atoms with Gasteiger partial charge in [0.2, 0.25) is 5.91 Å². The van der Waals surface area contributed by atoms with Crippen LogP contribution >= 0.6 is 0 Å². The number of hydrogen-bond acceptors (Lipinski definition) is 6. The van der Waals surface area contributed by atoms with Gasteiger partial charge in [-0.3, -0.25) is 19.7 Å². The monoisotopic (exact) mass is 356 g/mol. The molecule has 0 saturated carbocycles. The first-order chi connectivity index (χ1) is 12.4. The molecule has 0 bridgehead atoms. The lowest BCUT2D eigenvalue weighted by molar-refractivity contribution is -0.385. The van der Waals surface area contributed by atoms with Gasteiger partial charge in [-0.25, -0.2) is 0 Å². The number of non-ortho nitro benzene ring substituents is 1. The normalized spacial score (nSPS) is 15.2. The molecule has 1 atom stereocenters. The SMILES string of the molecule is COc1ccc([N+](=O)[O-])cc1OCC(=O)c1ccc2c(c1)[C@H](C)C(=O)N2. The van der Waals surface area contributed by atoms with E-state index in [1.54, 1.807) is 25.1 Å². The number of nitrogens with one attached hydrogen (secondary N) is 1. The summed E-state index contributed by atoms with van der Waals surface area (Å²) in [5, 5.41) is 13.6. The largest absolute Gasteiger partial charge is 0.493 e. The Hall–Kier alpha value is -3.42. The number of benzene rings is 2. The Bertz CT molecular complexity index is 909. The zero-order chi connectivity index (χ0) is 18.8. The quantitative estimate of drug-likeness (QED) is 0.484. The van der Waals surface area contributed by atoms with Crippen LogP contribution in [0.25, 0.3) is 0 Å². The molecule has 3 rings (SSSR count). The first-order valence-corrected chi connectivity index (χ1v) is 7.84. The molecule has 0 fully saturated rings. The molecule has 1 aliphatic heterocycles. The van der Waals surface area contributed by atoms with E-state index in [-0.39, 0.29) is 35.7 Å². The lowest BCUT2D eigenvalue weighted by Crippen LogP contribution is -2.12. The standard InChI is InChI=1S/C18H16N2O6/c1-10-13-7-11(3-5-14(13)19-18(10)22)15(21)9-26-17-8-12(20(23)24)4-6-16(17)25-2/h3-8,10H,9H2,1-2H3,(H,19,22)/t10-/m0/s1. The summed E-state index contributed by atoms with van der Waals surface area (Å²) in [6.07, 6.45) is 0. The van der Waals surface area contributed by atoms with Gasteiger partial charge in [-0.2, -0.15) is 0 Å². The van der Waals surface area contributed by atoms with E-state index in [4.69, 9.17) is 9.47 Å². The van der Waals surface area contributed by atoms with Crippen LogP contribution in [0, 0.1) is 10.1 Å². The van der Waals surface area contributed by atoms with Crippen molar-refractivity contribution in [3.05, 3.63) is 57.6 Å². The fourth-order valence-corrected chi connectivity index (χ4v) is 2.71. The van der Waals surface area contributed by atoms with Gasteiger partial charge in [0.1, 0.15) is 0 Å². The number of nitro benzene ring substituents is 1. The number of hydrogen-bond donors (Lipinski definition) is 1. The molecule has 134 valence electrons. The van der Waals surface area contributed by atoms with Crippen molar-refractivity contribution in [3.63, 3.8) is 0 Å². The number of carbonyl (C=O) groups is 2. The van der Waals surface area contributed by atoms with Gasteiger partial charge in [0.25, 0.3) is 5.69 Å². The van der Waals surface area contributed by atoms with Crippen LogP contribution in [0.1, 0.15) is 28.8 Å². The second-order valence-corrected chi connectivity index (χ2v) is 5.82. The number of anilines is 1. The van der Waals surface area contributed by atoms with Gasteiger partial charge in [-0.05, 0) is 36.8 Å². The summed E-state index contributed by atoms with van der Waals surface area (Å²) in [4.78, 5) is 34.4. The second kappa shape index (κ2) is 6.83. The maximum atomic E-state index is 12.4. The molecule has 0 spiro atoms. The van der Waals surface area contributed by atoms with Gasteiger partial charge in [-0.1, -0.05) is 0 Å². The predicted molar refractivity (Wildman–Crippen MR) is 93.0 cm³/mol. The highest BCUT2D eigenvalue weighted by Crippen LogP contribution is 2.33. The summed E-state index contributed by atoms with van der Waals surface area (Å²) in [7, 11) is 1.40. The van der Waals surface area contributed by atoms with E-state index < -0.39 is 4.92 Å². The van der Waals surface area contributed by atoms with E-state index in [1.807, 2.05) is 0 Å². The van der Waals surface area contributed by atoms with Gasteiger partial charge in [0, 0.05) is 17.3 Å². The lowest BCUT2D eigenvalue weighted by Gasteiger charge is -2.10. The minimum atomic E-state index is -0.556. The van der Waals surface area contributed by atoms with E-state index >= 15 is 0 Å². The molecule has 0 unspecified atom stereocenters. The first kappa shape index (κ1) is 17.4. The summed E-state index contributed by atoms with van der Waals surface area (Å²) in [5.74, 6) is -0.340. The van der Waals surface area contributed by atoms with Crippen LogP contribution in [0.5, 0.6) is 11.5 Å². The third kappa shape index (κ3) is 3.21. The number of Topliss-reactive ketones (excluding diaryl/α,β-unsaturated/α-hetero) is 1. The molecule has 2 aromatic rings. The van der Waals surface area contributed by atoms with Crippen molar-refractivity contribution in [3.8, 4) is 11.5 Å². The molecule has 1 N–H and O–H groups in total. The van der Waals surface area contributed by atoms with Crippen LogP contribution in [-0.2, 0) is 4.79 Å². The van der Waals surface area contributed by atoms with E-state index in [0.717, 1.165) is 5.56 Å². The lowest BCUT2D eigenvalue weighted by atomic mass is 9.99. The third-order valence-electron chi connectivity index (χ3n) is 4.21. The molecular weight excluding hydrogens is 340 g/mol. The zero-order valence-corrected chi connectivity index (χ0v) is 14.1. The van der Waals surface area contributed by atoms with E-state index in [0.29, 0.717) is 17.0 Å². The van der Waals surface area contributed by atoms with Crippen molar-refractivity contribution in [1.29, 1.82) is 0 Å². The average Bonchev–Trinajstić information content (AvgIpc) is 2.93. The van der Waals surface area contributed by atoms with Gasteiger partial charge in [0.05, 0.1) is 24.0 Å². The Morgan fingerprint density at radius 3 is 2.69 bits per heavy atom. The smallest absolute Gasteiger partial charge is 0.273 e. The van der Waals surface area contributed by atoms with Crippen LogP contribution in [0.4, 0.5) is 11.4 Å². The number of rotatable bonds is 6. The number of nitro groups is 1. The Kier molecular flexibility index (Phi) is 4.57. The number of ether oxygens (including phenoxy) is 2. The van der Waals surface area contributed by atoms with Gasteiger partial charge < -0.3 is 14.8 Å². The first-order valence-electron chi connectivity index (χ1n) is 7.84. The summed E-state index contributed by atoms with van der Waals surface area (Å²) in [6.45, 7) is 1.45. The highest BCUT2D eigenvalue weighted by molar-refractivity contribution is 6.05. The number of carbonyl (C=O) groups excluding carboxylic acids is 2. The second-order valence-electron chi connectivity index (χ2n) is 5.82. The number of ketones is 1. The zero-order valence-electron chi connectivity index (χ0n) is 14.1. The topological polar surface area (TPSA) is 108 Å². The number of methoxy groups -OCH3 is 1. The molecule has 8 nitrogen and oxygen atoms in total. The van der Waals surface area contributed by atoms with Crippen molar-refractivity contribution in [2.75, 3.05) is 19.0 Å². The molecular formula is C18H16N2O6. The van der Waals surface area contributed by atoms with Crippen LogP contribution in [0.3, 0.4) is 0 Å². The van der Waals surface area contributed by atoms with Crippen molar-refractivity contribution in [1.82, 2.24) is 0 Å². The third-order valence-corrected chi connectivity index (χ3v) is 4.21. The van der Waals surface area contributed by atoms with Crippen LogP contribution in [0.15, 0.2) is 36.4 Å². The van der Waals surface area contributed by atoms with E-state index in [9.17, 15) is 19.7 Å². The predicted octanol–water partition coefficient (Wildman–Crippen LogP) is 2.92. The molecule has 0 aliphatic carbocycles. The molecule has 26 heavy (non-hydrogen) atoms. The molecule has 1 amide bonds. The van der Waals surface area contributed by atoms with Crippen LogP contribution < -0.4 is 14.8 Å². The average molecular weight is 356 g/mol. The van der Waals surface area contributed by atoms with Crippen molar-refractivity contribution >= 4 is 23.1 Å². The number of fused-ring (bicyclic) bond motifs is 1. The summed E-state index contributed by atoms with van der Waals surface area (Å²) >= 11 is 0. The fraction of sp³-hybridized carbons (Fsp3) is 0.222. The molecule has 0 saturated heterocycles.